The molecule has 0 rings (SSSR count). The number of ether oxygens (including phenoxy) is 2. The number of hydrogen-bond donors (Lipinski definition) is 1. The Bertz CT molecular complexity index is 828. The standard InChI is InChI=1S/C49H90O4/c1-3-5-7-9-11-13-15-17-19-21-22-23-24-25-26-27-28-29-30-32-34-36-38-40-42-44-49(51)53-48(46-50)47-52-45-43-41-39-37-35-33-31-20-18-16-14-12-10-8-6-4-2/h12,14-15,17-18,20-22,48,50H,3-11,13,16,19,23-47H2,1-2H3/b14-12-,17-15-,20-18-,22-21-. The molecule has 0 aliphatic carbocycles. The van der Waals surface area contributed by atoms with E-state index in [9.17, 15) is 9.90 Å². The van der Waals surface area contributed by atoms with Gasteiger partial charge in [-0.2, -0.15) is 0 Å². The maximum atomic E-state index is 12.2. The van der Waals surface area contributed by atoms with Gasteiger partial charge in [0.25, 0.3) is 0 Å². The van der Waals surface area contributed by atoms with Gasteiger partial charge in [-0.25, -0.2) is 0 Å². The Morgan fingerprint density at radius 3 is 1.21 bits per heavy atom. The van der Waals surface area contributed by atoms with Crippen molar-refractivity contribution >= 4 is 5.97 Å². The van der Waals surface area contributed by atoms with E-state index in [0.717, 1.165) is 32.1 Å². The second-order valence-electron chi connectivity index (χ2n) is 15.5. The van der Waals surface area contributed by atoms with Gasteiger partial charge >= 0.3 is 5.97 Å². The van der Waals surface area contributed by atoms with Crippen molar-refractivity contribution in [3.8, 4) is 0 Å². The van der Waals surface area contributed by atoms with Gasteiger partial charge in [0.15, 0.2) is 0 Å². The Labute approximate surface area is 331 Å². The van der Waals surface area contributed by atoms with Gasteiger partial charge in [0.05, 0.1) is 13.2 Å². The molecule has 1 N–H and O–H groups in total. The number of carbonyl (C=O) groups excluding carboxylic acids is 1. The van der Waals surface area contributed by atoms with Crippen LogP contribution in [0.1, 0.15) is 232 Å². The van der Waals surface area contributed by atoms with E-state index in [1.807, 2.05) is 0 Å². The molecule has 1 unspecified atom stereocenters. The fourth-order valence-electron chi connectivity index (χ4n) is 6.62. The minimum absolute atomic E-state index is 0.176. The zero-order valence-electron chi connectivity index (χ0n) is 35.5. The highest BCUT2D eigenvalue weighted by Gasteiger charge is 2.13. The van der Waals surface area contributed by atoms with E-state index in [2.05, 4.69) is 62.5 Å². The largest absolute Gasteiger partial charge is 0.457 e. The van der Waals surface area contributed by atoms with E-state index in [0.29, 0.717) is 13.0 Å². The predicted octanol–water partition coefficient (Wildman–Crippen LogP) is 15.4. The van der Waals surface area contributed by atoms with Gasteiger partial charge in [0.1, 0.15) is 6.10 Å². The molecule has 0 amide bonds. The van der Waals surface area contributed by atoms with E-state index in [1.54, 1.807) is 0 Å². The highest BCUT2D eigenvalue weighted by atomic mass is 16.6. The van der Waals surface area contributed by atoms with E-state index in [4.69, 9.17) is 9.47 Å². The van der Waals surface area contributed by atoms with Gasteiger partial charge in [-0.05, 0) is 77.0 Å². The van der Waals surface area contributed by atoms with Crippen LogP contribution in [0.15, 0.2) is 48.6 Å². The van der Waals surface area contributed by atoms with Crippen LogP contribution in [0.4, 0.5) is 0 Å². The zero-order valence-corrected chi connectivity index (χ0v) is 35.5. The molecule has 310 valence electrons. The monoisotopic (exact) mass is 743 g/mol. The molecule has 0 heterocycles. The summed E-state index contributed by atoms with van der Waals surface area (Å²) in [6, 6.07) is 0. The molecule has 0 aliphatic heterocycles. The first kappa shape index (κ1) is 51.4. The summed E-state index contributed by atoms with van der Waals surface area (Å²) in [7, 11) is 0. The highest BCUT2D eigenvalue weighted by molar-refractivity contribution is 5.69. The highest BCUT2D eigenvalue weighted by Crippen LogP contribution is 2.15. The van der Waals surface area contributed by atoms with Crippen LogP contribution in [-0.2, 0) is 14.3 Å². The number of hydrogen-bond acceptors (Lipinski definition) is 4. The molecule has 0 spiro atoms. The van der Waals surface area contributed by atoms with Gasteiger partial charge in [-0.15, -0.1) is 0 Å². The average molecular weight is 743 g/mol. The molecule has 0 aromatic heterocycles. The van der Waals surface area contributed by atoms with Crippen LogP contribution in [-0.4, -0.2) is 37.0 Å². The molecular weight excluding hydrogens is 653 g/mol. The van der Waals surface area contributed by atoms with E-state index < -0.39 is 6.10 Å². The lowest BCUT2D eigenvalue weighted by Crippen LogP contribution is -2.27. The molecule has 4 heteroatoms. The minimum Gasteiger partial charge on any atom is -0.457 e. The van der Waals surface area contributed by atoms with Gasteiger partial charge in [-0.3, -0.25) is 4.79 Å². The summed E-state index contributed by atoms with van der Waals surface area (Å²) in [5, 5.41) is 9.62. The topological polar surface area (TPSA) is 55.8 Å². The summed E-state index contributed by atoms with van der Waals surface area (Å²) in [5.74, 6) is -0.204. The molecule has 0 radical (unpaired) electrons. The summed E-state index contributed by atoms with van der Waals surface area (Å²) in [6.07, 6.45) is 60.4. The fourth-order valence-corrected chi connectivity index (χ4v) is 6.62. The van der Waals surface area contributed by atoms with Crippen molar-refractivity contribution < 1.29 is 19.4 Å². The Kier molecular flexibility index (Phi) is 45.1. The van der Waals surface area contributed by atoms with Gasteiger partial charge in [0, 0.05) is 13.0 Å². The summed E-state index contributed by atoms with van der Waals surface area (Å²) in [6.45, 7) is 5.31. The van der Waals surface area contributed by atoms with Gasteiger partial charge in [-0.1, -0.05) is 197 Å². The number of aliphatic hydroxyl groups is 1. The molecule has 0 bridgehead atoms. The number of carbonyl (C=O) groups is 1. The Balaban J connectivity index is 3.42. The van der Waals surface area contributed by atoms with Crippen molar-refractivity contribution in [2.75, 3.05) is 19.8 Å². The van der Waals surface area contributed by atoms with Crippen molar-refractivity contribution in [2.45, 2.75) is 238 Å². The molecule has 0 aliphatic rings. The van der Waals surface area contributed by atoms with Crippen LogP contribution in [0.25, 0.3) is 0 Å². The quantitative estimate of drug-likeness (QED) is 0.0384. The minimum atomic E-state index is -0.540. The first-order chi connectivity index (χ1) is 26.2. The Morgan fingerprint density at radius 1 is 0.453 bits per heavy atom. The Morgan fingerprint density at radius 2 is 0.792 bits per heavy atom. The number of rotatable bonds is 43. The molecule has 0 fully saturated rings. The second kappa shape index (κ2) is 46.5. The van der Waals surface area contributed by atoms with Crippen molar-refractivity contribution in [3.05, 3.63) is 48.6 Å². The maximum absolute atomic E-state index is 12.2. The fraction of sp³-hybridized carbons (Fsp3) is 0.816. The smallest absolute Gasteiger partial charge is 0.306 e. The van der Waals surface area contributed by atoms with Crippen LogP contribution < -0.4 is 0 Å². The molecule has 0 aromatic carbocycles. The van der Waals surface area contributed by atoms with Crippen LogP contribution in [0, 0.1) is 0 Å². The first-order valence-electron chi connectivity index (χ1n) is 23.2. The number of unbranched alkanes of at least 4 members (excludes halogenated alkanes) is 27. The van der Waals surface area contributed by atoms with Crippen molar-refractivity contribution in [3.63, 3.8) is 0 Å². The van der Waals surface area contributed by atoms with Crippen LogP contribution in [0.2, 0.25) is 0 Å². The summed E-state index contributed by atoms with van der Waals surface area (Å²) < 4.78 is 11.2. The molecule has 1 atom stereocenters. The molecule has 0 aromatic rings. The third kappa shape index (κ3) is 44.6. The normalized spacial score (nSPS) is 12.7. The van der Waals surface area contributed by atoms with Crippen molar-refractivity contribution in [1.82, 2.24) is 0 Å². The molecule has 0 saturated heterocycles. The molecular formula is C49H90O4. The van der Waals surface area contributed by atoms with Crippen LogP contribution in [0.5, 0.6) is 0 Å². The Hall–Kier alpha value is -1.65. The van der Waals surface area contributed by atoms with E-state index in [-0.39, 0.29) is 19.2 Å². The molecule has 4 nitrogen and oxygen atoms in total. The summed E-state index contributed by atoms with van der Waals surface area (Å²) >= 11 is 0. The summed E-state index contributed by atoms with van der Waals surface area (Å²) in [5.41, 5.74) is 0. The number of allylic oxidation sites excluding steroid dienone is 8. The molecule has 53 heavy (non-hydrogen) atoms. The van der Waals surface area contributed by atoms with Crippen molar-refractivity contribution in [2.24, 2.45) is 0 Å². The van der Waals surface area contributed by atoms with Gasteiger partial charge in [0.2, 0.25) is 0 Å². The lowest BCUT2D eigenvalue weighted by Gasteiger charge is -2.15. The lowest BCUT2D eigenvalue weighted by atomic mass is 10.0. The second-order valence-corrected chi connectivity index (χ2v) is 15.5. The third-order valence-electron chi connectivity index (χ3n) is 10.1. The summed E-state index contributed by atoms with van der Waals surface area (Å²) in [4.78, 5) is 12.2. The van der Waals surface area contributed by atoms with Crippen molar-refractivity contribution in [1.29, 1.82) is 0 Å². The SMILES string of the molecule is CCCCC/C=C\C/C=C\CCCCCCCCOCC(CO)OC(=O)CCCCCCCCCCCCCCC/C=C\C/C=C\CCCCCCC. The predicted molar refractivity (Wildman–Crippen MR) is 233 cm³/mol. The third-order valence-corrected chi connectivity index (χ3v) is 10.1. The van der Waals surface area contributed by atoms with Crippen LogP contribution >= 0.6 is 0 Å². The lowest BCUT2D eigenvalue weighted by molar-refractivity contribution is -0.154. The average Bonchev–Trinajstić information content (AvgIpc) is 3.16. The van der Waals surface area contributed by atoms with Crippen LogP contribution in [0.3, 0.4) is 0 Å². The zero-order chi connectivity index (χ0) is 38.4. The maximum Gasteiger partial charge on any atom is 0.306 e. The molecule has 0 saturated carbocycles. The number of esters is 1. The van der Waals surface area contributed by atoms with E-state index >= 15 is 0 Å². The van der Waals surface area contributed by atoms with E-state index in [1.165, 1.54) is 180 Å². The van der Waals surface area contributed by atoms with Gasteiger partial charge < -0.3 is 14.6 Å². The first-order valence-corrected chi connectivity index (χ1v) is 23.2. The number of aliphatic hydroxyl groups excluding tert-OH is 1.